The van der Waals surface area contributed by atoms with Gasteiger partial charge in [0.15, 0.2) is 0 Å². The van der Waals surface area contributed by atoms with E-state index in [1.807, 2.05) is 4.90 Å². The number of carbonyl (C=O) groups excluding carboxylic acids is 1. The summed E-state index contributed by atoms with van der Waals surface area (Å²) in [6.45, 7) is 4.67. The Hall–Kier alpha value is -0.570. The summed E-state index contributed by atoms with van der Waals surface area (Å²) in [5.74, 6) is 1.25. The van der Waals surface area contributed by atoms with Crippen molar-refractivity contribution < 1.29 is 4.79 Å². The molecule has 110 valence electrons. The highest BCUT2D eigenvalue weighted by Gasteiger charge is 2.34. The Kier molecular flexibility index (Phi) is 5.26. The molecule has 2 fully saturated rings. The first-order valence-electron chi connectivity index (χ1n) is 8.11. The van der Waals surface area contributed by atoms with Crippen LogP contribution in [0, 0.1) is 11.3 Å². The summed E-state index contributed by atoms with van der Waals surface area (Å²) in [6, 6.07) is 0. The molecular weight excluding hydrogens is 236 g/mol. The maximum Gasteiger partial charge on any atom is 0.222 e. The van der Waals surface area contributed by atoms with Crippen LogP contribution >= 0.6 is 0 Å². The summed E-state index contributed by atoms with van der Waals surface area (Å²) in [6.07, 6.45) is 11.2. The lowest BCUT2D eigenvalue weighted by Crippen LogP contribution is -2.34. The Balaban J connectivity index is 1.64. The number of amides is 1. The molecule has 3 heteroatoms. The molecule has 2 N–H and O–H groups in total. The number of rotatable bonds is 5. The molecule has 19 heavy (non-hydrogen) atoms. The van der Waals surface area contributed by atoms with Gasteiger partial charge in [0.05, 0.1) is 0 Å². The molecule has 0 aromatic carbocycles. The van der Waals surface area contributed by atoms with Crippen molar-refractivity contribution in [2.75, 3.05) is 19.6 Å². The van der Waals surface area contributed by atoms with Gasteiger partial charge in [0, 0.05) is 19.5 Å². The largest absolute Gasteiger partial charge is 0.342 e. The third kappa shape index (κ3) is 4.20. The molecule has 1 heterocycles. The van der Waals surface area contributed by atoms with Crippen molar-refractivity contribution in [3.8, 4) is 0 Å². The zero-order valence-electron chi connectivity index (χ0n) is 12.5. The topological polar surface area (TPSA) is 46.3 Å². The van der Waals surface area contributed by atoms with Gasteiger partial charge in [-0.15, -0.1) is 0 Å². The van der Waals surface area contributed by atoms with Gasteiger partial charge in [0.2, 0.25) is 5.91 Å². The number of nitrogens with two attached hydrogens (primary N) is 1. The van der Waals surface area contributed by atoms with E-state index < -0.39 is 0 Å². The van der Waals surface area contributed by atoms with Crippen LogP contribution in [0.1, 0.15) is 64.7 Å². The Morgan fingerprint density at radius 1 is 1.32 bits per heavy atom. The fraction of sp³-hybridized carbons (Fsp3) is 0.938. The van der Waals surface area contributed by atoms with Crippen molar-refractivity contribution in [2.24, 2.45) is 17.1 Å². The first-order chi connectivity index (χ1) is 9.13. The standard InChI is InChI=1S/C16H30N2O/c1-16(12-17)10-11-18(13-16)15(19)9-5-8-14-6-3-2-4-7-14/h14H,2-13,17H2,1H3. The molecule has 1 aliphatic heterocycles. The fourth-order valence-corrected chi connectivity index (χ4v) is 3.58. The average molecular weight is 266 g/mol. The van der Waals surface area contributed by atoms with Crippen LogP contribution in [0.3, 0.4) is 0 Å². The predicted octanol–water partition coefficient (Wildman–Crippen LogP) is 2.93. The average Bonchev–Trinajstić information content (AvgIpc) is 2.83. The number of hydrogen-bond acceptors (Lipinski definition) is 2. The lowest BCUT2D eigenvalue weighted by Gasteiger charge is -2.23. The van der Waals surface area contributed by atoms with Crippen molar-refractivity contribution in [1.82, 2.24) is 4.90 Å². The number of nitrogens with zero attached hydrogens (tertiary/aromatic N) is 1. The molecule has 0 aromatic rings. The normalized spacial score (nSPS) is 28.8. The second-order valence-corrected chi connectivity index (χ2v) is 6.98. The molecule has 2 rings (SSSR count). The number of carbonyl (C=O) groups is 1. The highest BCUT2D eigenvalue weighted by molar-refractivity contribution is 5.76. The molecule has 1 amide bonds. The fourth-order valence-electron chi connectivity index (χ4n) is 3.58. The van der Waals surface area contributed by atoms with E-state index in [1.54, 1.807) is 0 Å². The van der Waals surface area contributed by atoms with Gasteiger partial charge in [-0.3, -0.25) is 4.79 Å². The summed E-state index contributed by atoms with van der Waals surface area (Å²) in [5, 5.41) is 0. The van der Waals surface area contributed by atoms with Crippen LogP contribution in [0.15, 0.2) is 0 Å². The van der Waals surface area contributed by atoms with E-state index in [9.17, 15) is 4.79 Å². The van der Waals surface area contributed by atoms with Crippen LogP contribution in [0.25, 0.3) is 0 Å². The van der Waals surface area contributed by atoms with Gasteiger partial charge >= 0.3 is 0 Å². The van der Waals surface area contributed by atoms with E-state index in [0.29, 0.717) is 12.5 Å². The first kappa shape index (κ1) is 14.8. The minimum Gasteiger partial charge on any atom is -0.342 e. The highest BCUT2D eigenvalue weighted by atomic mass is 16.2. The maximum absolute atomic E-state index is 12.2. The lowest BCUT2D eigenvalue weighted by molar-refractivity contribution is -0.130. The summed E-state index contributed by atoms with van der Waals surface area (Å²) < 4.78 is 0. The van der Waals surface area contributed by atoms with Crippen molar-refractivity contribution in [1.29, 1.82) is 0 Å². The summed E-state index contributed by atoms with van der Waals surface area (Å²) >= 11 is 0. The Bertz CT molecular complexity index is 299. The molecule has 0 spiro atoms. The monoisotopic (exact) mass is 266 g/mol. The van der Waals surface area contributed by atoms with E-state index in [0.717, 1.165) is 38.3 Å². The second-order valence-electron chi connectivity index (χ2n) is 6.98. The molecule has 1 aliphatic carbocycles. The van der Waals surface area contributed by atoms with Gasteiger partial charge in [-0.05, 0) is 37.1 Å². The maximum atomic E-state index is 12.2. The van der Waals surface area contributed by atoms with E-state index in [2.05, 4.69) is 6.92 Å². The van der Waals surface area contributed by atoms with Crippen LogP contribution < -0.4 is 5.73 Å². The Morgan fingerprint density at radius 2 is 2.05 bits per heavy atom. The molecular formula is C16H30N2O. The third-order valence-corrected chi connectivity index (χ3v) is 5.13. The van der Waals surface area contributed by atoms with E-state index in [-0.39, 0.29) is 5.41 Å². The van der Waals surface area contributed by atoms with Gasteiger partial charge in [0.1, 0.15) is 0 Å². The minimum atomic E-state index is 0.166. The molecule has 1 unspecified atom stereocenters. The molecule has 2 aliphatic rings. The molecule has 0 radical (unpaired) electrons. The molecule has 0 aromatic heterocycles. The predicted molar refractivity (Wildman–Crippen MR) is 78.8 cm³/mol. The quantitative estimate of drug-likeness (QED) is 0.831. The molecule has 1 atom stereocenters. The zero-order chi connectivity index (χ0) is 13.7. The van der Waals surface area contributed by atoms with E-state index in [1.165, 1.54) is 38.5 Å². The summed E-state index contributed by atoms with van der Waals surface area (Å²) in [5.41, 5.74) is 5.96. The molecule has 1 saturated heterocycles. The van der Waals surface area contributed by atoms with Gasteiger partial charge in [0.25, 0.3) is 0 Å². The molecule has 1 saturated carbocycles. The SMILES string of the molecule is CC1(CN)CCN(C(=O)CCCC2CCCCC2)C1. The van der Waals surface area contributed by atoms with Crippen molar-refractivity contribution in [2.45, 2.75) is 64.7 Å². The first-order valence-corrected chi connectivity index (χ1v) is 8.11. The van der Waals surface area contributed by atoms with E-state index >= 15 is 0 Å². The van der Waals surface area contributed by atoms with Gasteiger partial charge < -0.3 is 10.6 Å². The van der Waals surface area contributed by atoms with Gasteiger partial charge in [-0.2, -0.15) is 0 Å². The minimum absolute atomic E-state index is 0.166. The summed E-state index contributed by atoms with van der Waals surface area (Å²) in [7, 11) is 0. The van der Waals surface area contributed by atoms with Gasteiger partial charge in [-0.1, -0.05) is 39.0 Å². The van der Waals surface area contributed by atoms with Crippen LogP contribution in [-0.4, -0.2) is 30.4 Å². The zero-order valence-corrected chi connectivity index (χ0v) is 12.5. The Morgan fingerprint density at radius 3 is 2.68 bits per heavy atom. The number of likely N-dealkylation sites (tertiary alicyclic amines) is 1. The molecule has 0 bridgehead atoms. The molecule has 3 nitrogen and oxygen atoms in total. The third-order valence-electron chi connectivity index (χ3n) is 5.13. The van der Waals surface area contributed by atoms with Crippen molar-refractivity contribution >= 4 is 5.91 Å². The van der Waals surface area contributed by atoms with Crippen LogP contribution in [-0.2, 0) is 4.79 Å². The Labute approximate surface area is 117 Å². The van der Waals surface area contributed by atoms with E-state index in [4.69, 9.17) is 5.73 Å². The summed E-state index contributed by atoms with van der Waals surface area (Å²) in [4.78, 5) is 14.2. The van der Waals surface area contributed by atoms with Crippen LogP contribution in [0.2, 0.25) is 0 Å². The smallest absolute Gasteiger partial charge is 0.222 e. The number of hydrogen-bond donors (Lipinski definition) is 1. The lowest BCUT2D eigenvalue weighted by atomic mass is 9.86. The van der Waals surface area contributed by atoms with Gasteiger partial charge in [-0.25, -0.2) is 0 Å². The van der Waals surface area contributed by atoms with Crippen molar-refractivity contribution in [3.05, 3.63) is 0 Å². The van der Waals surface area contributed by atoms with Crippen LogP contribution in [0.5, 0.6) is 0 Å². The van der Waals surface area contributed by atoms with Crippen molar-refractivity contribution in [3.63, 3.8) is 0 Å². The van der Waals surface area contributed by atoms with Crippen LogP contribution in [0.4, 0.5) is 0 Å². The highest BCUT2D eigenvalue weighted by Crippen LogP contribution is 2.30. The second kappa shape index (κ2) is 6.74.